The normalized spacial score (nSPS) is 10.4. The van der Waals surface area contributed by atoms with Crippen LogP contribution in [0.2, 0.25) is 0 Å². The highest BCUT2D eigenvalue weighted by Crippen LogP contribution is 2.30. The summed E-state index contributed by atoms with van der Waals surface area (Å²) in [6, 6.07) is 5.22. The molecule has 0 unspecified atom stereocenters. The molecule has 0 spiro atoms. The summed E-state index contributed by atoms with van der Waals surface area (Å²) in [5.41, 5.74) is 0.920. The zero-order valence-electron chi connectivity index (χ0n) is 15.2. The molecule has 0 radical (unpaired) electrons. The number of carbonyl (C=O) groups excluding carboxylic acids is 1. The van der Waals surface area contributed by atoms with Crippen LogP contribution in [0.5, 0.6) is 17.4 Å². The molecule has 0 saturated carbocycles. The van der Waals surface area contributed by atoms with E-state index in [-0.39, 0.29) is 5.91 Å². The summed E-state index contributed by atoms with van der Waals surface area (Å²) in [6.45, 7) is 5.28. The number of aromatic nitrogens is 2. The molecular weight excluding hydrogens is 322 g/mol. The minimum absolute atomic E-state index is 0.306. The summed E-state index contributed by atoms with van der Waals surface area (Å²) >= 11 is 0. The number of hydrogen-bond acceptors (Lipinski definition) is 5. The summed E-state index contributed by atoms with van der Waals surface area (Å²) < 4.78 is 17.9. The van der Waals surface area contributed by atoms with E-state index in [4.69, 9.17) is 14.2 Å². The number of aryl methyl sites for hydroxylation is 1. The number of carbonyl (C=O) groups is 1. The SMILES string of the molecule is CCCOc1nn(CCC)cc1C(=O)Nc1cc(OC)ccc1OC. The van der Waals surface area contributed by atoms with Crippen LogP contribution in [0.25, 0.3) is 0 Å². The van der Waals surface area contributed by atoms with E-state index in [0.29, 0.717) is 35.2 Å². The van der Waals surface area contributed by atoms with E-state index in [2.05, 4.69) is 17.3 Å². The minimum atomic E-state index is -0.306. The summed E-state index contributed by atoms with van der Waals surface area (Å²) in [4.78, 5) is 12.7. The summed E-state index contributed by atoms with van der Waals surface area (Å²) in [5.74, 6) is 1.21. The Balaban J connectivity index is 2.27. The molecule has 2 aromatic rings. The Labute approximate surface area is 147 Å². The molecular formula is C18H25N3O4. The van der Waals surface area contributed by atoms with E-state index in [1.807, 2.05) is 6.92 Å². The average Bonchev–Trinajstić information content (AvgIpc) is 3.03. The van der Waals surface area contributed by atoms with Gasteiger partial charge in [0.05, 0.1) is 26.5 Å². The Bertz CT molecular complexity index is 712. The van der Waals surface area contributed by atoms with E-state index in [1.54, 1.807) is 43.3 Å². The lowest BCUT2D eigenvalue weighted by atomic mass is 10.2. The highest BCUT2D eigenvalue weighted by atomic mass is 16.5. The highest BCUT2D eigenvalue weighted by Gasteiger charge is 2.19. The van der Waals surface area contributed by atoms with Crippen LogP contribution in [0.1, 0.15) is 37.0 Å². The molecule has 1 heterocycles. The quantitative estimate of drug-likeness (QED) is 0.753. The van der Waals surface area contributed by atoms with Gasteiger partial charge in [-0.1, -0.05) is 13.8 Å². The third-order valence-corrected chi connectivity index (χ3v) is 3.52. The van der Waals surface area contributed by atoms with Gasteiger partial charge in [-0.2, -0.15) is 0 Å². The monoisotopic (exact) mass is 347 g/mol. The second-order valence-electron chi connectivity index (χ2n) is 5.48. The van der Waals surface area contributed by atoms with Crippen molar-refractivity contribution in [3.8, 4) is 17.4 Å². The minimum Gasteiger partial charge on any atom is -0.497 e. The van der Waals surface area contributed by atoms with E-state index in [0.717, 1.165) is 19.4 Å². The van der Waals surface area contributed by atoms with Gasteiger partial charge in [0.15, 0.2) is 0 Å². The molecule has 7 nitrogen and oxygen atoms in total. The zero-order valence-corrected chi connectivity index (χ0v) is 15.2. The second kappa shape index (κ2) is 8.96. The maximum Gasteiger partial charge on any atom is 0.262 e. The standard InChI is InChI=1S/C18H25N3O4/c1-5-9-21-12-14(18(20-21)25-10-6-2)17(22)19-15-11-13(23-3)7-8-16(15)24-4/h7-8,11-12H,5-6,9-10H2,1-4H3,(H,19,22). The molecule has 25 heavy (non-hydrogen) atoms. The van der Waals surface area contributed by atoms with Crippen LogP contribution >= 0.6 is 0 Å². The van der Waals surface area contributed by atoms with Crippen LogP contribution in [-0.2, 0) is 6.54 Å². The van der Waals surface area contributed by atoms with Gasteiger partial charge in [0.2, 0.25) is 5.88 Å². The Morgan fingerprint density at radius 2 is 2.00 bits per heavy atom. The van der Waals surface area contributed by atoms with Crippen molar-refractivity contribution in [2.75, 3.05) is 26.1 Å². The smallest absolute Gasteiger partial charge is 0.262 e. The van der Waals surface area contributed by atoms with Gasteiger partial charge in [0, 0.05) is 18.8 Å². The Morgan fingerprint density at radius 1 is 1.20 bits per heavy atom. The van der Waals surface area contributed by atoms with Crippen molar-refractivity contribution in [1.29, 1.82) is 0 Å². The number of methoxy groups -OCH3 is 2. The topological polar surface area (TPSA) is 74.6 Å². The van der Waals surface area contributed by atoms with Gasteiger partial charge in [-0.15, -0.1) is 5.10 Å². The summed E-state index contributed by atoms with van der Waals surface area (Å²) in [5, 5.41) is 7.20. The molecule has 136 valence electrons. The van der Waals surface area contributed by atoms with Crippen LogP contribution in [0.15, 0.2) is 24.4 Å². The molecule has 0 fully saturated rings. The Kier molecular flexibility index (Phi) is 6.68. The number of hydrogen-bond donors (Lipinski definition) is 1. The van der Waals surface area contributed by atoms with Crippen LogP contribution in [0.3, 0.4) is 0 Å². The number of ether oxygens (including phenoxy) is 3. The lowest BCUT2D eigenvalue weighted by Gasteiger charge is -2.11. The van der Waals surface area contributed by atoms with Gasteiger partial charge >= 0.3 is 0 Å². The van der Waals surface area contributed by atoms with Crippen LogP contribution < -0.4 is 19.5 Å². The van der Waals surface area contributed by atoms with Crippen LogP contribution in [0.4, 0.5) is 5.69 Å². The van der Waals surface area contributed by atoms with Gasteiger partial charge in [0.1, 0.15) is 17.1 Å². The van der Waals surface area contributed by atoms with E-state index in [1.165, 1.54) is 0 Å². The first kappa shape index (κ1) is 18.6. The number of nitrogens with one attached hydrogen (secondary N) is 1. The first-order chi connectivity index (χ1) is 12.1. The lowest BCUT2D eigenvalue weighted by Crippen LogP contribution is -2.13. The highest BCUT2D eigenvalue weighted by molar-refractivity contribution is 6.06. The molecule has 1 aromatic heterocycles. The molecule has 0 bridgehead atoms. The maximum atomic E-state index is 12.7. The fraction of sp³-hybridized carbons (Fsp3) is 0.444. The molecule has 1 aromatic carbocycles. The number of nitrogens with zero attached hydrogens (tertiary/aromatic N) is 2. The van der Waals surface area contributed by atoms with E-state index < -0.39 is 0 Å². The van der Waals surface area contributed by atoms with Gasteiger partial charge in [-0.25, -0.2) is 0 Å². The molecule has 0 aliphatic rings. The molecule has 2 rings (SSSR count). The van der Waals surface area contributed by atoms with Crippen molar-refractivity contribution in [3.63, 3.8) is 0 Å². The van der Waals surface area contributed by atoms with Crippen molar-refractivity contribution in [2.45, 2.75) is 33.2 Å². The van der Waals surface area contributed by atoms with Gasteiger partial charge in [0.25, 0.3) is 5.91 Å². The predicted molar refractivity (Wildman–Crippen MR) is 95.8 cm³/mol. The molecule has 0 aliphatic heterocycles. The first-order valence-electron chi connectivity index (χ1n) is 8.36. The molecule has 0 saturated heterocycles. The lowest BCUT2D eigenvalue weighted by molar-refractivity contribution is 0.102. The third kappa shape index (κ3) is 4.65. The fourth-order valence-electron chi connectivity index (χ4n) is 2.31. The molecule has 1 N–H and O–H groups in total. The molecule has 1 amide bonds. The molecule has 0 atom stereocenters. The number of amides is 1. The van der Waals surface area contributed by atoms with Crippen molar-refractivity contribution in [3.05, 3.63) is 30.0 Å². The number of rotatable bonds is 9. The van der Waals surface area contributed by atoms with Crippen LogP contribution in [0, 0.1) is 0 Å². The summed E-state index contributed by atoms with van der Waals surface area (Å²) in [7, 11) is 3.12. The largest absolute Gasteiger partial charge is 0.497 e. The zero-order chi connectivity index (χ0) is 18.2. The summed E-state index contributed by atoms with van der Waals surface area (Å²) in [6.07, 6.45) is 3.46. The first-order valence-corrected chi connectivity index (χ1v) is 8.36. The molecule has 0 aliphatic carbocycles. The Morgan fingerprint density at radius 3 is 2.64 bits per heavy atom. The number of benzene rings is 1. The Hall–Kier alpha value is -2.70. The molecule has 7 heteroatoms. The average molecular weight is 347 g/mol. The third-order valence-electron chi connectivity index (χ3n) is 3.52. The number of anilines is 1. The predicted octanol–water partition coefficient (Wildman–Crippen LogP) is 3.35. The van der Waals surface area contributed by atoms with Crippen LogP contribution in [-0.4, -0.2) is 36.5 Å². The van der Waals surface area contributed by atoms with Crippen molar-refractivity contribution >= 4 is 11.6 Å². The maximum absolute atomic E-state index is 12.7. The van der Waals surface area contributed by atoms with Gasteiger partial charge < -0.3 is 19.5 Å². The van der Waals surface area contributed by atoms with E-state index in [9.17, 15) is 4.79 Å². The fourth-order valence-corrected chi connectivity index (χ4v) is 2.31. The van der Waals surface area contributed by atoms with Crippen molar-refractivity contribution < 1.29 is 19.0 Å². The van der Waals surface area contributed by atoms with Gasteiger partial charge in [-0.05, 0) is 25.0 Å². The second-order valence-corrected chi connectivity index (χ2v) is 5.48. The van der Waals surface area contributed by atoms with Crippen molar-refractivity contribution in [1.82, 2.24) is 9.78 Å². The van der Waals surface area contributed by atoms with E-state index >= 15 is 0 Å². The van der Waals surface area contributed by atoms with Crippen molar-refractivity contribution in [2.24, 2.45) is 0 Å². The van der Waals surface area contributed by atoms with Gasteiger partial charge in [-0.3, -0.25) is 9.48 Å².